The summed E-state index contributed by atoms with van der Waals surface area (Å²) in [6.45, 7) is 7.92. The molecule has 4 aliphatic rings. The van der Waals surface area contributed by atoms with Gasteiger partial charge in [-0.2, -0.15) is 0 Å². The van der Waals surface area contributed by atoms with Crippen molar-refractivity contribution >= 4 is 5.69 Å². The van der Waals surface area contributed by atoms with Gasteiger partial charge in [0.25, 0.3) is 0 Å². The molecular weight excluding hydrogens is 334 g/mol. The first-order chi connectivity index (χ1) is 12.9. The van der Waals surface area contributed by atoms with E-state index in [9.17, 15) is 5.11 Å². The van der Waals surface area contributed by atoms with Crippen LogP contribution in [0, 0.1) is 5.41 Å². The number of hydrogen-bond acceptors (Lipinski definition) is 4. The average molecular weight is 370 g/mol. The maximum atomic E-state index is 11.0. The molecule has 3 fully saturated rings. The van der Waals surface area contributed by atoms with E-state index in [1.807, 2.05) is 0 Å². The Balaban J connectivity index is 1.60. The van der Waals surface area contributed by atoms with Gasteiger partial charge in [-0.25, -0.2) is 0 Å². The van der Waals surface area contributed by atoms with E-state index >= 15 is 0 Å². The highest BCUT2D eigenvalue weighted by molar-refractivity contribution is 5.64. The van der Waals surface area contributed by atoms with Crippen molar-refractivity contribution in [3.8, 4) is 5.75 Å². The standard InChI is InChI=1S/C23H35N3O/c1-22-6-4-5-7-23(22)8-9-25(3)21(22)15-17-14-19(20(27)16-18(17)23)26-12-10-24(2)11-13-26/h14,16,21,27H,4-13,15H2,1-3H3/t21-,22+,23+/m0/s1. The van der Waals surface area contributed by atoms with Gasteiger partial charge in [0.05, 0.1) is 5.69 Å². The molecular formula is C23H35N3O. The van der Waals surface area contributed by atoms with Gasteiger partial charge in [-0.05, 0) is 75.0 Å². The van der Waals surface area contributed by atoms with E-state index < -0.39 is 0 Å². The summed E-state index contributed by atoms with van der Waals surface area (Å²) in [4.78, 5) is 7.40. The van der Waals surface area contributed by atoms with E-state index in [4.69, 9.17) is 0 Å². The van der Waals surface area contributed by atoms with Crippen molar-refractivity contribution < 1.29 is 5.11 Å². The Kier molecular flexibility index (Phi) is 4.04. The number of likely N-dealkylation sites (tertiary alicyclic amines) is 1. The van der Waals surface area contributed by atoms with Crippen LogP contribution in [0.3, 0.4) is 0 Å². The van der Waals surface area contributed by atoms with E-state index in [1.165, 1.54) is 49.8 Å². The SMILES string of the molecule is CN1CCN(c2cc3c(cc2O)[C@]24CCCC[C@]2(C)[C@H](C3)N(C)CC4)CC1. The molecule has 3 atom stereocenters. The first kappa shape index (κ1) is 17.8. The Morgan fingerprint density at radius 2 is 1.70 bits per heavy atom. The fraction of sp³-hybridized carbons (Fsp3) is 0.739. The topological polar surface area (TPSA) is 30.0 Å². The number of benzene rings is 1. The maximum Gasteiger partial charge on any atom is 0.139 e. The molecule has 27 heavy (non-hydrogen) atoms. The summed E-state index contributed by atoms with van der Waals surface area (Å²) in [5.74, 6) is 0.512. The van der Waals surface area contributed by atoms with E-state index in [1.54, 1.807) is 0 Å². The third kappa shape index (κ3) is 2.42. The normalized spacial score (nSPS) is 37.0. The Bertz CT molecular complexity index is 741. The number of piperazine rings is 1. The van der Waals surface area contributed by atoms with Crippen molar-refractivity contribution in [2.75, 3.05) is 51.7 Å². The number of likely N-dealkylation sites (N-methyl/N-ethyl adjacent to an activating group) is 2. The zero-order chi connectivity index (χ0) is 18.8. The Morgan fingerprint density at radius 1 is 0.963 bits per heavy atom. The molecule has 0 radical (unpaired) electrons. The summed E-state index contributed by atoms with van der Waals surface area (Å²) in [6.07, 6.45) is 7.73. The smallest absolute Gasteiger partial charge is 0.139 e. The highest BCUT2D eigenvalue weighted by atomic mass is 16.3. The number of rotatable bonds is 1. The number of aromatic hydroxyl groups is 1. The van der Waals surface area contributed by atoms with Crippen molar-refractivity contribution in [3.05, 3.63) is 23.3 Å². The second-order valence-electron chi connectivity index (χ2n) is 9.95. The predicted molar refractivity (Wildman–Crippen MR) is 111 cm³/mol. The molecule has 5 rings (SSSR count). The summed E-state index contributed by atoms with van der Waals surface area (Å²) < 4.78 is 0. The molecule has 2 aliphatic heterocycles. The first-order valence-corrected chi connectivity index (χ1v) is 10.9. The van der Waals surface area contributed by atoms with Crippen molar-refractivity contribution in [2.24, 2.45) is 5.41 Å². The van der Waals surface area contributed by atoms with Crippen molar-refractivity contribution in [3.63, 3.8) is 0 Å². The largest absolute Gasteiger partial charge is 0.506 e. The van der Waals surface area contributed by atoms with Crippen LogP contribution in [-0.2, 0) is 11.8 Å². The van der Waals surface area contributed by atoms with Gasteiger partial charge < -0.3 is 19.8 Å². The molecule has 2 aliphatic carbocycles. The lowest BCUT2D eigenvalue weighted by Crippen LogP contribution is -2.66. The fourth-order valence-electron chi connectivity index (χ4n) is 7.05. The Morgan fingerprint density at radius 3 is 2.48 bits per heavy atom. The third-order valence-corrected chi connectivity index (χ3v) is 8.77. The zero-order valence-electron chi connectivity index (χ0n) is 17.3. The van der Waals surface area contributed by atoms with Crippen molar-refractivity contribution in [1.82, 2.24) is 9.80 Å². The molecule has 4 heteroatoms. The molecule has 0 amide bonds. The number of fused-ring (bicyclic) bond motifs is 1. The van der Waals surface area contributed by atoms with Gasteiger partial charge in [-0.1, -0.05) is 19.8 Å². The number of anilines is 1. The molecule has 0 spiro atoms. The molecule has 4 nitrogen and oxygen atoms in total. The van der Waals surface area contributed by atoms with Gasteiger partial charge in [-0.3, -0.25) is 0 Å². The highest BCUT2D eigenvalue weighted by Gasteiger charge is 2.60. The average Bonchev–Trinajstić information content (AvgIpc) is 2.65. The minimum absolute atomic E-state index is 0.272. The molecule has 2 bridgehead atoms. The minimum Gasteiger partial charge on any atom is -0.506 e. The molecule has 0 unspecified atom stereocenters. The molecule has 1 aromatic carbocycles. The van der Waals surface area contributed by atoms with Crippen LogP contribution in [0.2, 0.25) is 0 Å². The summed E-state index contributed by atoms with van der Waals surface area (Å²) in [5, 5.41) is 11.0. The second kappa shape index (κ2) is 6.12. The van der Waals surface area contributed by atoms with Crippen molar-refractivity contribution in [2.45, 2.75) is 56.9 Å². The van der Waals surface area contributed by atoms with Crippen LogP contribution in [0.5, 0.6) is 5.75 Å². The molecule has 2 saturated heterocycles. The molecule has 2 heterocycles. The van der Waals surface area contributed by atoms with Crippen LogP contribution < -0.4 is 4.90 Å². The van der Waals surface area contributed by atoms with E-state index in [0.29, 0.717) is 17.2 Å². The lowest BCUT2D eigenvalue weighted by atomic mass is 9.45. The summed E-state index contributed by atoms with van der Waals surface area (Å²) in [5.41, 5.74) is 4.70. The monoisotopic (exact) mass is 369 g/mol. The molecule has 1 saturated carbocycles. The number of phenolic OH excluding ortho intramolecular Hbond substituents is 1. The van der Waals surface area contributed by atoms with E-state index in [0.717, 1.165) is 38.3 Å². The number of hydrogen-bond donors (Lipinski definition) is 1. The minimum atomic E-state index is 0.272. The van der Waals surface area contributed by atoms with Gasteiger partial charge in [0.15, 0.2) is 0 Å². The van der Waals surface area contributed by atoms with Crippen LogP contribution in [0.25, 0.3) is 0 Å². The van der Waals surface area contributed by atoms with Gasteiger partial charge in [-0.15, -0.1) is 0 Å². The maximum absolute atomic E-state index is 11.0. The van der Waals surface area contributed by atoms with Gasteiger partial charge in [0, 0.05) is 37.6 Å². The zero-order valence-corrected chi connectivity index (χ0v) is 17.3. The highest BCUT2D eigenvalue weighted by Crippen LogP contribution is 2.63. The summed E-state index contributed by atoms with van der Waals surface area (Å²) in [6, 6.07) is 5.19. The van der Waals surface area contributed by atoms with E-state index in [2.05, 4.69) is 47.9 Å². The Hall–Kier alpha value is -1.26. The Labute approximate surface area is 164 Å². The van der Waals surface area contributed by atoms with Gasteiger partial charge in [0.1, 0.15) is 5.75 Å². The molecule has 0 aromatic heterocycles. The van der Waals surface area contributed by atoms with E-state index in [-0.39, 0.29) is 5.41 Å². The van der Waals surface area contributed by atoms with Gasteiger partial charge in [0.2, 0.25) is 0 Å². The van der Waals surface area contributed by atoms with Crippen LogP contribution in [0.1, 0.15) is 50.2 Å². The van der Waals surface area contributed by atoms with Gasteiger partial charge >= 0.3 is 0 Å². The summed E-state index contributed by atoms with van der Waals surface area (Å²) >= 11 is 0. The fourth-order valence-corrected chi connectivity index (χ4v) is 7.05. The third-order valence-electron chi connectivity index (χ3n) is 8.77. The molecule has 1 aromatic rings. The first-order valence-electron chi connectivity index (χ1n) is 10.9. The molecule has 1 N–H and O–H groups in total. The van der Waals surface area contributed by atoms with Crippen molar-refractivity contribution in [1.29, 1.82) is 0 Å². The number of nitrogens with zero attached hydrogens (tertiary/aromatic N) is 3. The number of phenols is 1. The number of piperidine rings is 1. The predicted octanol–water partition coefficient (Wildman–Crippen LogP) is 3.22. The van der Waals surface area contributed by atoms with Crippen LogP contribution in [-0.4, -0.2) is 67.8 Å². The lowest BCUT2D eigenvalue weighted by Gasteiger charge is -2.65. The molecule has 148 valence electrons. The quantitative estimate of drug-likeness (QED) is 0.823. The van der Waals surface area contributed by atoms with Crippen LogP contribution >= 0.6 is 0 Å². The van der Waals surface area contributed by atoms with Crippen LogP contribution in [0.4, 0.5) is 5.69 Å². The second-order valence-corrected chi connectivity index (χ2v) is 9.95. The van der Waals surface area contributed by atoms with Crippen LogP contribution in [0.15, 0.2) is 12.1 Å². The lowest BCUT2D eigenvalue weighted by molar-refractivity contribution is -0.0735. The summed E-state index contributed by atoms with van der Waals surface area (Å²) in [7, 11) is 4.52.